The van der Waals surface area contributed by atoms with Crippen molar-refractivity contribution in [3.63, 3.8) is 0 Å². The summed E-state index contributed by atoms with van der Waals surface area (Å²) in [7, 11) is 0. The molecule has 2 unspecified atom stereocenters. The molecular weight excluding hydrogens is 348 g/mol. The highest BCUT2D eigenvalue weighted by molar-refractivity contribution is 5.26. The molecule has 1 heterocycles. The van der Waals surface area contributed by atoms with Crippen molar-refractivity contribution in [3.05, 3.63) is 65.2 Å². The molecule has 2 atom stereocenters. The van der Waals surface area contributed by atoms with E-state index in [0.717, 1.165) is 32.1 Å². The highest BCUT2D eigenvalue weighted by Gasteiger charge is 2.48. The summed E-state index contributed by atoms with van der Waals surface area (Å²) in [6.45, 7) is 2.87. The standard InChI is InChI=1S/C22H25F2NO2/c23-19-4-3-16(21(24)9-19)10-22(27)11-17-13-25(14-18(17)12-22)8-7-15-1-5-20(26)6-2-15/h1-6,9,17-18,26-27H,7-8,10-14H2. The average molecular weight is 373 g/mol. The van der Waals surface area contributed by atoms with Gasteiger partial charge in [0.05, 0.1) is 5.60 Å². The zero-order valence-electron chi connectivity index (χ0n) is 15.2. The van der Waals surface area contributed by atoms with Gasteiger partial charge in [-0.05, 0) is 60.4 Å². The Hall–Kier alpha value is -1.98. The number of fused-ring (bicyclic) bond motifs is 1. The molecule has 1 saturated carbocycles. The van der Waals surface area contributed by atoms with Crippen LogP contribution in [0.4, 0.5) is 8.78 Å². The first-order valence-corrected chi connectivity index (χ1v) is 9.57. The quantitative estimate of drug-likeness (QED) is 0.843. The third kappa shape index (κ3) is 4.14. The van der Waals surface area contributed by atoms with Crippen LogP contribution >= 0.6 is 0 Å². The molecule has 27 heavy (non-hydrogen) atoms. The number of aromatic hydroxyl groups is 1. The minimum absolute atomic E-state index is 0.250. The Morgan fingerprint density at radius 1 is 1.00 bits per heavy atom. The summed E-state index contributed by atoms with van der Waals surface area (Å²) < 4.78 is 27.0. The van der Waals surface area contributed by atoms with Crippen molar-refractivity contribution in [1.82, 2.24) is 4.90 Å². The molecule has 1 aliphatic carbocycles. The lowest BCUT2D eigenvalue weighted by atomic mass is 9.91. The molecule has 0 radical (unpaired) electrons. The zero-order valence-corrected chi connectivity index (χ0v) is 15.2. The van der Waals surface area contributed by atoms with Crippen molar-refractivity contribution in [1.29, 1.82) is 0 Å². The second-order valence-electron chi connectivity index (χ2n) is 8.24. The van der Waals surface area contributed by atoms with E-state index in [1.165, 1.54) is 17.7 Å². The van der Waals surface area contributed by atoms with Gasteiger partial charge in [-0.1, -0.05) is 18.2 Å². The van der Waals surface area contributed by atoms with Crippen LogP contribution in [0.1, 0.15) is 24.0 Å². The Kier molecular flexibility index (Phi) is 4.91. The molecule has 0 bridgehead atoms. The van der Waals surface area contributed by atoms with E-state index < -0.39 is 17.2 Å². The number of hydrogen-bond donors (Lipinski definition) is 2. The number of phenols is 1. The van der Waals surface area contributed by atoms with E-state index in [-0.39, 0.29) is 12.2 Å². The third-order valence-electron chi connectivity index (χ3n) is 6.12. The van der Waals surface area contributed by atoms with E-state index in [0.29, 0.717) is 30.2 Å². The topological polar surface area (TPSA) is 43.7 Å². The van der Waals surface area contributed by atoms with E-state index in [1.54, 1.807) is 12.1 Å². The van der Waals surface area contributed by atoms with Gasteiger partial charge in [0, 0.05) is 32.1 Å². The van der Waals surface area contributed by atoms with Crippen LogP contribution in [-0.2, 0) is 12.8 Å². The fourth-order valence-electron chi connectivity index (χ4n) is 4.85. The molecule has 1 aliphatic heterocycles. The largest absolute Gasteiger partial charge is 0.508 e. The minimum atomic E-state index is -0.892. The van der Waals surface area contributed by atoms with Crippen molar-refractivity contribution in [2.45, 2.75) is 31.3 Å². The third-order valence-corrected chi connectivity index (χ3v) is 6.12. The maximum absolute atomic E-state index is 13.9. The summed E-state index contributed by atoms with van der Waals surface area (Å²) >= 11 is 0. The molecule has 2 aromatic carbocycles. The Morgan fingerprint density at radius 2 is 1.67 bits per heavy atom. The van der Waals surface area contributed by atoms with Gasteiger partial charge in [0.1, 0.15) is 17.4 Å². The first-order chi connectivity index (χ1) is 12.9. The van der Waals surface area contributed by atoms with E-state index in [9.17, 15) is 19.0 Å². The minimum Gasteiger partial charge on any atom is -0.508 e. The van der Waals surface area contributed by atoms with Crippen LogP contribution in [0.5, 0.6) is 5.75 Å². The maximum Gasteiger partial charge on any atom is 0.129 e. The Bertz CT molecular complexity index is 794. The van der Waals surface area contributed by atoms with Crippen molar-refractivity contribution >= 4 is 0 Å². The van der Waals surface area contributed by atoms with Gasteiger partial charge >= 0.3 is 0 Å². The molecule has 0 aromatic heterocycles. The second-order valence-corrected chi connectivity index (χ2v) is 8.24. The summed E-state index contributed by atoms with van der Waals surface area (Å²) in [5.41, 5.74) is 0.702. The monoisotopic (exact) mass is 373 g/mol. The highest BCUT2D eigenvalue weighted by atomic mass is 19.1. The lowest BCUT2D eigenvalue weighted by Crippen LogP contribution is -2.33. The van der Waals surface area contributed by atoms with Crippen molar-refractivity contribution in [2.75, 3.05) is 19.6 Å². The number of likely N-dealkylation sites (tertiary alicyclic amines) is 1. The van der Waals surface area contributed by atoms with Gasteiger partial charge < -0.3 is 15.1 Å². The van der Waals surface area contributed by atoms with Gasteiger partial charge in [-0.2, -0.15) is 0 Å². The van der Waals surface area contributed by atoms with E-state index in [2.05, 4.69) is 4.90 Å². The fourth-order valence-corrected chi connectivity index (χ4v) is 4.85. The highest BCUT2D eigenvalue weighted by Crippen LogP contribution is 2.45. The summed E-state index contributed by atoms with van der Waals surface area (Å²) in [4.78, 5) is 2.43. The van der Waals surface area contributed by atoms with Gasteiger partial charge in [0.15, 0.2) is 0 Å². The van der Waals surface area contributed by atoms with Gasteiger partial charge in [-0.15, -0.1) is 0 Å². The normalized spacial score (nSPS) is 27.8. The van der Waals surface area contributed by atoms with Gasteiger partial charge in [0.25, 0.3) is 0 Å². The predicted molar refractivity (Wildman–Crippen MR) is 99.5 cm³/mol. The Balaban J connectivity index is 1.31. The Labute approximate surface area is 158 Å². The van der Waals surface area contributed by atoms with Crippen LogP contribution in [0.25, 0.3) is 0 Å². The van der Waals surface area contributed by atoms with Crippen molar-refractivity contribution in [2.24, 2.45) is 11.8 Å². The molecule has 2 N–H and O–H groups in total. The van der Waals surface area contributed by atoms with E-state index >= 15 is 0 Å². The average Bonchev–Trinajstić information content (AvgIpc) is 3.11. The molecule has 3 nitrogen and oxygen atoms in total. The van der Waals surface area contributed by atoms with Crippen molar-refractivity contribution < 1.29 is 19.0 Å². The van der Waals surface area contributed by atoms with Crippen LogP contribution in [0.3, 0.4) is 0 Å². The fraction of sp³-hybridized carbons (Fsp3) is 0.455. The predicted octanol–water partition coefficient (Wildman–Crippen LogP) is 3.53. The zero-order chi connectivity index (χ0) is 19.0. The number of halogens is 2. The maximum atomic E-state index is 13.9. The number of nitrogens with zero attached hydrogens (tertiary/aromatic N) is 1. The summed E-state index contributed by atoms with van der Waals surface area (Å²) in [5, 5.41) is 20.3. The van der Waals surface area contributed by atoms with Crippen LogP contribution in [0, 0.1) is 23.5 Å². The van der Waals surface area contributed by atoms with Crippen LogP contribution in [0.2, 0.25) is 0 Å². The molecule has 5 heteroatoms. The SMILES string of the molecule is Oc1ccc(CCN2CC3CC(O)(Cc4ccc(F)cc4F)CC3C2)cc1. The van der Waals surface area contributed by atoms with Crippen LogP contribution < -0.4 is 0 Å². The molecule has 2 aromatic rings. The lowest BCUT2D eigenvalue weighted by molar-refractivity contribution is 0.0347. The molecule has 1 saturated heterocycles. The summed E-state index contributed by atoms with van der Waals surface area (Å²) in [6.07, 6.45) is 2.53. The second kappa shape index (κ2) is 7.21. The van der Waals surface area contributed by atoms with Crippen LogP contribution in [0.15, 0.2) is 42.5 Å². The first kappa shape index (κ1) is 18.4. The number of benzene rings is 2. The number of aliphatic hydroxyl groups is 1. The first-order valence-electron chi connectivity index (χ1n) is 9.57. The van der Waals surface area contributed by atoms with E-state index in [1.807, 2.05) is 12.1 Å². The van der Waals surface area contributed by atoms with Gasteiger partial charge in [-0.25, -0.2) is 8.78 Å². The molecule has 0 spiro atoms. The van der Waals surface area contributed by atoms with Gasteiger partial charge in [-0.3, -0.25) is 0 Å². The molecule has 2 fully saturated rings. The van der Waals surface area contributed by atoms with Crippen molar-refractivity contribution in [3.8, 4) is 5.75 Å². The Morgan fingerprint density at radius 3 is 2.30 bits per heavy atom. The van der Waals surface area contributed by atoms with Crippen LogP contribution in [-0.4, -0.2) is 40.3 Å². The van der Waals surface area contributed by atoms with Gasteiger partial charge in [0.2, 0.25) is 0 Å². The number of hydrogen-bond acceptors (Lipinski definition) is 3. The number of phenolic OH excluding ortho intramolecular Hbond substituents is 1. The molecular formula is C22H25F2NO2. The van der Waals surface area contributed by atoms with E-state index in [4.69, 9.17) is 0 Å². The number of rotatable bonds is 5. The molecule has 0 amide bonds. The summed E-state index contributed by atoms with van der Waals surface area (Å²) in [6, 6.07) is 10.9. The lowest BCUT2D eigenvalue weighted by Gasteiger charge is -2.26. The summed E-state index contributed by atoms with van der Waals surface area (Å²) in [5.74, 6) is -0.0187. The smallest absolute Gasteiger partial charge is 0.129 e. The molecule has 144 valence electrons. The molecule has 4 rings (SSSR count). The molecule has 2 aliphatic rings.